The van der Waals surface area contributed by atoms with Gasteiger partial charge >= 0.3 is 0 Å². The number of nitriles is 1. The first-order chi connectivity index (χ1) is 8.17. The smallest absolute Gasteiger partial charge is 0.233 e. The van der Waals surface area contributed by atoms with E-state index in [2.05, 4.69) is 10.6 Å². The Morgan fingerprint density at radius 3 is 2.65 bits per heavy atom. The van der Waals surface area contributed by atoms with E-state index in [4.69, 9.17) is 5.26 Å². The molecule has 1 aromatic carbocycles. The first-order valence-electron chi connectivity index (χ1n) is 5.26. The van der Waals surface area contributed by atoms with Crippen LogP contribution in [0.4, 0.5) is 0 Å². The van der Waals surface area contributed by atoms with Gasteiger partial charge in [0.05, 0.1) is 24.3 Å². The molecule has 17 heavy (non-hydrogen) atoms. The fraction of sp³-hybridized carbons (Fsp3) is 0.333. The van der Waals surface area contributed by atoms with Crippen LogP contribution in [0.15, 0.2) is 24.3 Å². The van der Waals surface area contributed by atoms with Gasteiger partial charge in [0.15, 0.2) is 0 Å². The number of amides is 1. The zero-order chi connectivity index (χ0) is 12.7. The SMILES string of the molecule is CNC(=O)CNCC(O)c1ccc(C#N)cc1. The highest BCUT2D eigenvalue weighted by Gasteiger charge is 2.07. The van der Waals surface area contributed by atoms with Gasteiger partial charge in [0, 0.05) is 13.6 Å². The lowest BCUT2D eigenvalue weighted by Gasteiger charge is -2.11. The average Bonchev–Trinajstić information content (AvgIpc) is 2.38. The molecule has 0 fully saturated rings. The van der Waals surface area contributed by atoms with Gasteiger partial charge in [0.2, 0.25) is 5.91 Å². The highest BCUT2D eigenvalue weighted by molar-refractivity contribution is 5.77. The van der Waals surface area contributed by atoms with Crippen LogP contribution in [0.1, 0.15) is 17.2 Å². The van der Waals surface area contributed by atoms with Crippen LogP contribution in [-0.2, 0) is 4.79 Å². The summed E-state index contributed by atoms with van der Waals surface area (Å²) in [5.74, 6) is -0.128. The molecule has 0 aromatic heterocycles. The van der Waals surface area contributed by atoms with Gasteiger partial charge in [0.1, 0.15) is 0 Å². The third-order valence-electron chi connectivity index (χ3n) is 2.33. The zero-order valence-electron chi connectivity index (χ0n) is 9.60. The molecule has 1 aromatic rings. The summed E-state index contributed by atoms with van der Waals surface area (Å²) < 4.78 is 0. The van der Waals surface area contributed by atoms with E-state index in [1.165, 1.54) is 0 Å². The number of nitrogens with zero attached hydrogens (tertiary/aromatic N) is 1. The molecule has 0 aliphatic rings. The number of aliphatic hydroxyl groups is 1. The molecule has 0 aliphatic heterocycles. The van der Waals surface area contributed by atoms with E-state index in [0.29, 0.717) is 17.7 Å². The van der Waals surface area contributed by atoms with Crippen LogP contribution in [0.5, 0.6) is 0 Å². The topological polar surface area (TPSA) is 85.2 Å². The maximum Gasteiger partial charge on any atom is 0.233 e. The summed E-state index contributed by atoms with van der Waals surface area (Å²) in [6, 6.07) is 8.71. The minimum absolute atomic E-state index is 0.128. The molecule has 1 amide bonds. The normalized spacial score (nSPS) is 11.6. The Morgan fingerprint density at radius 2 is 2.12 bits per heavy atom. The average molecular weight is 233 g/mol. The van der Waals surface area contributed by atoms with Gasteiger partial charge < -0.3 is 15.7 Å². The van der Waals surface area contributed by atoms with E-state index >= 15 is 0 Å². The number of benzene rings is 1. The molecule has 5 nitrogen and oxygen atoms in total. The number of likely N-dealkylation sites (N-methyl/N-ethyl adjacent to an activating group) is 1. The minimum Gasteiger partial charge on any atom is -0.387 e. The molecule has 1 atom stereocenters. The van der Waals surface area contributed by atoms with Crippen LogP contribution >= 0.6 is 0 Å². The summed E-state index contributed by atoms with van der Waals surface area (Å²) in [5.41, 5.74) is 1.27. The van der Waals surface area contributed by atoms with Crippen molar-refractivity contribution in [1.82, 2.24) is 10.6 Å². The van der Waals surface area contributed by atoms with Gasteiger partial charge in [0.25, 0.3) is 0 Å². The first kappa shape index (κ1) is 13.2. The van der Waals surface area contributed by atoms with Gasteiger partial charge in [-0.15, -0.1) is 0 Å². The van der Waals surface area contributed by atoms with Crippen LogP contribution in [0, 0.1) is 11.3 Å². The Hall–Kier alpha value is -1.90. The van der Waals surface area contributed by atoms with E-state index in [0.717, 1.165) is 0 Å². The third-order valence-corrected chi connectivity index (χ3v) is 2.33. The standard InChI is InChI=1S/C12H15N3O2/c1-14-12(17)8-15-7-11(16)10-4-2-9(6-13)3-5-10/h2-5,11,15-16H,7-8H2,1H3,(H,14,17). The molecule has 0 saturated heterocycles. The largest absolute Gasteiger partial charge is 0.387 e. The predicted octanol–water partition coefficient (Wildman–Crippen LogP) is -0.0727. The summed E-state index contributed by atoms with van der Waals surface area (Å²) in [7, 11) is 1.56. The molecule has 3 N–H and O–H groups in total. The second kappa shape index (κ2) is 6.63. The molecular formula is C12H15N3O2. The second-order valence-corrected chi connectivity index (χ2v) is 3.55. The Morgan fingerprint density at radius 1 is 1.47 bits per heavy atom. The number of aliphatic hydroxyl groups excluding tert-OH is 1. The van der Waals surface area contributed by atoms with E-state index in [1.54, 1.807) is 31.3 Å². The molecule has 0 spiro atoms. The Labute approximate surface area is 100 Å². The molecule has 1 unspecified atom stereocenters. The lowest BCUT2D eigenvalue weighted by atomic mass is 10.1. The first-order valence-corrected chi connectivity index (χ1v) is 5.26. The Kier molecular flexibility index (Phi) is 5.14. The van der Waals surface area contributed by atoms with Crippen molar-refractivity contribution in [2.45, 2.75) is 6.10 Å². The molecule has 5 heteroatoms. The number of carbonyl (C=O) groups is 1. The van der Waals surface area contributed by atoms with Crippen LogP contribution < -0.4 is 10.6 Å². The van der Waals surface area contributed by atoms with Gasteiger partial charge in [-0.25, -0.2) is 0 Å². The van der Waals surface area contributed by atoms with Crippen molar-refractivity contribution in [2.24, 2.45) is 0 Å². The van der Waals surface area contributed by atoms with Crippen molar-refractivity contribution in [3.8, 4) is 6.07 Å². The highest BCUT2D eigenvalue weighted by atomic mass is 16.3. The lowest BCUT2D eigenvalue weighted by molar-refractivity contribution is -0.119. The van der Waals surface area contributed by atoms with Crippen molar-refractivity contribution in [1.29, 1.82) is 5.26 Å². The molecule has 0 radical (unpaired) electrons. The lowest BCUT2D eigenvalue weighted by Crippen LogP contribution is -2.33. The van der Waals surface area contributed by atoms with E-state index in [1.807, 2.05) is 6.07 Å². The van der Waals surface area contributed by atoms with E-state index in [-0.39, 0.29) is 12.5 Å². The van der Waals surface area contributed by atoms with Gasteiger partial charge in [-0.3, -0.25) is 4.79 Å². The zero-order valence-corrected chi connectivity index (χ0v) is 9.60. The number of hydrogen-bond acceptors (Lipinski definition) is 4. The van der Waals surface area contributed by atoms with Crippen molar-refractivity contribution >= 4 is 5.91 Å². The summed E-state index contributed by atoms with van der Waals surface area (Å²) in [6.45, 7) is 0.461. The van der Waals surface area contributed by atoms with E-state index < -0.39 is 6.10 Å². The molecule has 0 heterocycles. The Bertz CT molecular complexity index is 409. The molecule has 0 bridgehead atoms. The maximum atomic E-state index is 10.9. The number of carbonyl (C=O) groups excluding carboxylic acids is 1. The predicted molar refractivity (Wildman–Crippen MR) is 63.1 cm³/mol. The van der Waals surface area contributed by atoms with Crippen LogP contribution in [0.25, 0.3) is 0 Å². The van der Waals surface area contributed by atoms with Crippen LogP contribution in [-0.4, -0.2) is 31.2 Å². The fourth-order valence-corrected chi connectivity index (χ4v) is 1.31. The number of rotatable bonds is 5. The van der Waals surface area contributed by atoms with E-state index in [9.17, 15) is 9.90 Å². The van der Waals surface area contributed by atoms with Crippen molar-refractivity contribution < 1.29 is 9.90 Å². The van der Waals surface area contributed by atoms with Crippen molar-refractivity contribution in [3.63, 3.8) is 0 Å². The summed E-state index contributed by atoms with van der Waals surface area (Å²) in [4.78, 5) is 10.9. The monoisotopic (exact) mass is 233 g/mol. The summed E-state index contributed by atoms with van der Waals surface area (Å²) in [6.07, 6.45) is -0.688. The second-order valence-electron chi connectivity index (χ2n) is 3.55. The molecule has 90 valence electrons. The molecular weight excluding hydrogens is 218 g/mol. The Balaban J connectivity index is 2.44. The highest BCUT2D eigenvalue weighted by Crippen LogP contribution is 2.12. The van der Waals surface area contributed by atoms with Gasteiger partial charge in [-0.2, -0.15) is 5.26 Å². The fourth-order valence-electron chi connectivity index (χ4n) is 1.31. The van der Waals surface area contributed by atoms with Crippen LogP contribution in [0.3, 0.4) is 0 Å². The quantitative estimate of drug-likeness (QED) is 0.664. The van der Waals surface area contributed by atoms with Crippen molar-refractivity contribution in [3.05, 3.63) is 35.4 Å². The van der Waals surface area contributed by atoms with Gasteiger partial charge in [-0.1, -0.05) is 12.1 Å². The number of hydrogen-bond donors (Lipinski definition) is 3. The molecule has 1 rings (SSSR count). The molecule has 0 saturated carbocycles. The third kappa shape index (κ3) is 4.23. The summed E-state index contributed by atoms with van der Waals surface area (Å²) in [5, 5.41) is 23.7. The number of nitrogens with one attached hydrogen (secondary N) is 2. The minimum atomic E-state index is -0.688. The summed E-state index contributed by atoms with van der Waals surface area (Å²) >= 11 is 0. The van der Waals surface area contributed by atoms with Crippen molar-refractivity contribution in [2.75, 3.05) is 20.1 Å². The van der Waals surface area contributed by atoms with Crippen LogP contribution in [0.2, 0.25) is 0 Å². The maximum absolute atomic E-state index is 10.9. The molecule has 0 aliphatic carbocycles. The van der Waals surface area contributed by atoms with Gasteiger partial charge in [-0.05, 0) is 17.7 Å².